The molecule has 23 heavy (non-hydrogen) atoms. The minimum absolute atomic E-state index is 0.119. The molecule has 0 spiro atoms. The van der Waals surface area contributed by atoms with Gasteiger partial charge in [-0.1, -0.05) is 30.3 Å². The standard InChI is InChI=1S/C19H22FN3/c20-17-6-1-2-7-18(17)23-12-10-22(11-13-23)14-16-5-3-4-15-8-9-21-19(15)16/h1-7,21H,8-14H2. The Balaban J connectivity index is 1.41. The number of hydrogen-bond acceptors (Lipinski definition) is 3. The van der Waals surface area contributed by atoms with Crippen molar-refractivity contribution < 1.29 is 4.39 Å². The van der Waals surface area contributed by atoms with E-state index in [-0.39, 0.29) is 5.82 Å². The summed E-state index contributed by atoms with van der Waals surface area (Å²) in [7, 11) is 0. The highest BCUT2D eigenvalue weighted by molar-refractivity contribution is 5.61. The fraction of sp³-hybridized carbons (Fsp3) is 0.368. The molecule has 1 N–H and O–H groups in total. The van der Waals surface area contributed by atoms with E-state index in [1.165, 1.54) is 16.8 Å². The summed E-state index contributed by atoms with van der Waals surface area (Å²) in [5.74, 6) is -0.119. The molecule has 120 valence electrons. The molecule has 0 aromatic heterocycles. The van der Waals surface area contributed by atoms with E-state index < -0.39 is 0 Å². The first-order valence-corrected chi connectivity index (χ1v) is 8.38. The minimum atomic E-state index is -0.119. The van der Waals surface area contributed by atoms with Crippen LogP contribution in [0.1, 0.15) is 11.1 Å². The molecular formula is C19H22FN3. The molecule has 4 heteroatoms. The molecule has 0 bridgehead atoms. The molecule has 2 aromatic carbocycles. The third-order valence-electron chi connectivity index (χ3n) is 4.89. The first kappa shape index (κ1) is 14.5. The molecule has 2 heterocycles. The van der Waals surface area contributed by atoms with Crippen LogP contribution in [0.25, 0.3) is 0 Å². The molecule has 2 aromatic rings. The van der Waals surface area contributed by atoms with Gasteiger partial charge in [-0.25, -0.2) is 4.39 Å². The van der Waals surface area contributed by atoms with E-state index in [1.54, 1.807) is 12.1 Å². The number of benzene rings is 2. The highest BCUT2D eigenvalue weighted by atomic mass is 19.1. The predicted octanol–water partition coefficient (Wildman–Crippen LogP) is 3.12. The van der Waals surface area contributed by atoms with Crippen LogP contribution in [-0.4, -0.2) is 37.6 Å². The Morgan fingerprint density at radius 2 is 1.78 bits per heavy atom. The average molecular weight is 311 g/mol. The first-order valence-electron chi connectivity index (χ1n) is 8.38. The summed E-state index contributed by atoms with van der Waals surface area (Å²) in [6, 6.07) is 13.7. The Kier molecular flexibility index (Phi) is 3.92. The molecule has 0 amide bonds. The van der Waals surface area contributed by atoms with E-state index in [4.69, 9.17) is 0 Å². The van der Waals surface area contributed by atoms with Gasteiger partial charge in [0.2, 0.25) is 0 Å². The van der Waals surface area contributed by atoms with E-state index in [0.717, 1.165) is 51.4 Å². The van der Waals surface area contributed by atoms with Gasteiger partial charge in [-0.2, -0.15) is 0 Å². The van der Waals surface area contributed by atoms with Crippen LogP contribution >= 0.6 is 0 Å². The molecule has 0 saturated carbocycles. The number of anilines is 2. The molecule has 2 aliphatic rings. The molecule has 3 nitrogen and oxygen atoms in total. The zero-order valence-electron chi connectivity index (χ0n) is 13.3. The predicted molar refractivity (Wildman–Crippen MR) is 92.5 cm³/mol. The maximum atomic E-state index is 13.9. The maximum absolute atomic E-state index is 13.9. The summed E-state index contributed by atoms with van der Waals surface area (Å²) in [6.07, 6.45) is 1.13. The van der Waals surface area contributed by atoms with Crippen LogP contribution in [0.4, 0.5) is 15.8 Å². The fourth-order valence-corrected chi connectivity index (χ4v) is 3.64. The van der Waals surface area contributed by atoms with Gasteiger partial charge in [0.1, 0.15) is 5.82 Å². The van der Waals surface area contributed by atoms with Crippen molar-refractivity contribution in [1.82, 2.24) is 4.90 Å². The summed E-state index contributed by atoms with van der Waals surface area (Å²) in [5.41, 5.74) is 4.89. The molecule has 0 unspecified atom stereocenters. The van der Waals surface area contributed by atoms with Gasteiger partial charge >= 0.3 is 0 Å². The minimum Gasteiger partial charge on any atom is -0.384 e. The van der Waals surface area contributed by atoms with Crippen LogP contribution in [0.5, 0.6) is 0 Å². The number of halogens is 1. The second-order valence-electron chi connectivity index (χ2n) is 6.34. The van der Waals surface area contributed by atoms with Crippen molar-refractivity contribution in [2.75, 3.05) is 42.9 Å². The average Bonchev–Trinajstić information content (AvgIpc) is 3.06. The lowest BCUT2D eigenvalue weighted by Gasteiger charge is -2.36. The highest BCUT2D eigenvalue weighted by Gasteiger charge is 2.21. The monoisotopic (exact) mass is 311 g/mol. The Morgan fingerprint density at radius 1 is 0.957 bits per heavy atom. The van der Waals surface area contributed by atoms with Gasteiger partial charge in [0.05, 0.1) is 5.69 Å². The smallest absolute Gasteiger partial charge is 0.146 e. The summed E-state index contributed by atoms with van der Waals surface area (Å²) in [5, 5.41) is 3.51. The summed E-state index contributed by atoms with van der Waals surface area (Å²) in [6.45, 7) is 5.72. The first-order chi connectivity index (χ1) is 11.3. The number of hydrogen-bond donors (Lipinski definition) is 1. The number of nitrogens with one attached hydrogen (secondary N) is 1. The van der Waals surface area contributed by atoms with E-state index in [1.807, 2.05) is 12.1 Å². The van der Waals surface area contributed by atoms with Crippen molar-refractivity contribution in [3.63, 3.8) is 0 Å². The van der Waals surface area contributed by atoms with Crippen LogP contribution in [0.3, 0.4) is 0 Å². The number of fused-ring (bicyclic) bond motifs is 1. The van der Waals surface area contributed by atoms with Gasteiger partial charge in [0, 0.05) is 45.0 Å². The van der Waals surface area contributed by atoms with Gasteiger partial charge in [0.25, 0.3) is 0 Å². The van der Waals surface area contributed by atoms with E-state index in [2.05, 4.69) is 33.3 Å². The molecule has 0 aliphatic carbocycles. The largest absolute Gasteiger partial charge is 0.384 e. The Labute approximate surface area is 136 Å². The van der Waals surface area contributed by atoms with Crippen molar-refractivity contribution in [1.29, 1.82) is 0 Å². The van der Waals surface area contributed by atoms with Gasteiger partial charge < -0.3 is 10.2 Å². The molecule has 1 saturated heterocycles. The topological polar surface area (TPSA) is 18.5 Å². The zero-order chi connectivity index (χ0) is 15.6. The van der Waals surface area contributed by atoms with Crippen LogP contribution in [0, 0.1) is 5.82 Å². The molecule has 1 fully saturated rings. The van der Waals surface area contributed by atoms with Gasteiger partial charge in [0.15, 0.2) is 0 Å². The maximum Gasteiger partial charge on any atom is 0.146 e. The van der Waals surface area contributed by atoms with Crippen molar-refractivity contribution in [2.24, 2.45) is 0 Å². The van der Waals surface area contributed by atoms with Crippen LogP contribution in [0.15, 0.2) is 42.5 Å². The van der Waals surface area contributed by atoms with Crippen LogP contribution < -0.4 is 10.2 Å². The lowest BCUT2D eigenvalue weighted by Crippen LogP contribution is -2.46. The normalized spacial score (nSPS) is 17.9. The number of rotatable bonds is 3. The van der Waals surface area contributed by atoms with Crippen LogP contribution in [-0.2, 0) is 13.0 Å². The summed E-state index contributed by atoms with van der Waals surface area (Å²) < 4.78 is 13.9. The van der Waals surface area contributed by atoms with Crippen LogP contribution in [0.2, 0.25) is 0 Å². The lowest BCUT2D eigenvalue weighted by molar-refractivity contribution is 0.249. The van der Waals surface area contributed by atoms with E-state index >= 15 is 0 Å². The zero-order valence-corrected chi connectivity index (χ0v) is 13.3. The third-order valence-corrected chi connectivity index (χ3v) is 4.89. The molecule has 0 atom stereocenters. The van der Waals surface area contributed by atoms with Crippen molar-refractivity contribution in [2.45, 2.75) is 13.0 Å². The number of nitrogens with zero attached hydrogens (tertiary/aromatic N) is 2. The third kappa shape index (κ3) is 2.91. The van der Waals surface area contributed by atoms with Crippen molar-refractivity contribution in [3.8, 4) is 0 Å². The molecular weight excluding hydrogens is 289 g/mol. The van der Waals surface area contributed by atoms with Gasteiger partial charge in [-0.15, -0.1) is 0 Å². The highest BCUT2D eigenvalue weighted by Crippen LogP contribution is 2.28. The molecule has 0 radical (unpaired) electrons. The van der Waals surface area contributed by atoms with Crippen molar-refractivity contribution in [3.05, 3.63) is 59.4 Å². The van der Waals surface area contributed by atoms with Crippen molar-refractivity contribution >= 4 is 11.4 Å². The summed E-state index contributed by atoms with van der Waals surface area (Å²) in [4.78, 5) is 4.62. The second kappa shape index (κ2) is 6.20. The molecule has 4 rings (SSSR count). The van der Waals surface area contributed by atoms with Gasteiger partial charge in [-0.3, -0.25) is 4.90 Å². The Morgan fingerprint density at radius 3 is 2.61 bits per heavy atom. The number of piperazine rings is 1. The Hall–Kier alpha value is -2.07. The quantitative estimate of drug-likeness (QED) is 0.939. The summed E-state index contributed by atoms with van der Waals surface area (Å²) >= 11 is 0. The fourth-order valence-electron chi connectivity index (χ4n) is 3.64. The number of para-hydroxylation sites is 2. The molecule has 2 aliphatic heterocycles. The Bertz CT molecular complexity index is 693. The van der Waals surface area contributed by atoms with Gasteiger partial charge in [-0.05, 0) is 29.7 Å². The SMILES string of the molecule is Fc1ccccc1N1CCN(Cc2cccc3c2NCC3)CC1. The lowest BCUT2D eigenvalue weighted by atomic mass is 10.1. The van der Waals surface area contributed by atoms with E-state index in [0.29, 0.717) is 0 Å². The van der Waals surface area contributed by atoms with E-state index in [9.17, 15) is 4.39 Å². The second-order valence-corrected chi connectivity index (χ2v) is 6.34.